The Bertz CT molecular complexity index is 1120. The van der Waals surface area contributed by atoms with Crippen molar-refractivity contribution >= 4 is 17.7 Å². The molecule has 1 fully saturated rings. The number of amides is 2. The minimum Gasteiger partial charge on any atom is -0.444 e. The number of benzene rings is 2. The molecular weight excluding hydrogens is 487 g/mol. The average molecular weight is 520 g/mol. The monoisotopic (exact) mass is 519 g/mol. The van der Waals surface area contributed by atoms with Crippen molar-refractivity contribution in [1.82, 2.24) is 10.6 Å². The highest BCUT2D eigenvalue weighted by Gasteiger charge is 2.45. The average Bonchev–Trinajstić information content (AvgIpc) is 2.84. The number of halogens is 3. The number of alkyl carbamates (subject to hydrolysis) is 1. The third kappa shape index (κ3) is 6.54. The summed E-state index contributed by atoms with van der Waals surface area (Å²) in [6, 6.07) is 13.1. The summed E-state index contributed by atoms with van der Waals surface area (Å²) >= 11 is 0. The second kappa shape index (κ2) is 10.6. The Morgan fingerprint density at radius 1 is 1.03 bits per heavy atom. The topological polar surface area (TPSA) is 88.7 Å². The summed E-state index contributed by atoms with van der Waals surface area (Å²) in [5.41, 5.74) is 0.576. The summed E-state index contributed by atoms with van der Waals surface area (Å²) < 4.78 is 51.8. The molecule has 0 unspecified atom stereocenters. The first-order chi connectivity index (χ1) is 17.4. The van der Waals surface area contributed by atoms with Crippen molar-refractivity contribution < 1.29 is 32.2 Å². The highest BCUT2D eigenvalue weighted by Crippen LogP contribution is 2.51. The SMILES string of the molecule is CC(C)(C)OC(=O)NCCNC(=O)[C@@H]1CC[C@H]2[C@@H](c3ccccc3)Nc3ccc(C(F)(F)F)cc3[C@H]2O1. The van der Waals surface area contributed by atoms with E-state index in [0.717, 1.165) is 17.7 Å². The highest BCUT2D eigenvalue weighted by atomic mass is 19.4. The molecule has 4 atom stereocenters. The van der Waals surface area contributed by atoms with Gasteiger partial charge in [0.05, 0.1) is 17.7 Å². The maximum atomic E-state index is 13.5. The Hall–Kier alpha value is -3.27. The van der Waals surface area contributed by atoms with Crippen LogP contribution in [0, 0.1) is 5.92 Å². The van der Waals surface area contributed by atoms with E-state index in [1.807, 2.05) is 30.3 Å². The fourth-order valence-electron chi connectivity index (χ4n) is 4.83. The molecule has 2 aromatic rings. The number of carbonyl (C=O) groups excluding carboxylic acids is 2. The van der Waals surface area contributed by atoms with Crippen LogP contribution < -0.4 is 16.0 Å². The molecule has 3 N–H and O–H groups in total. The third-order valence-corrected chi connectivity index (χ3v) is 6.43. The molecule has 10 heteroatoms. The maximum absolute atomic E-state index is 13.5. The van der Waals surface area contributed by atoms with Crippen LogP contribution >= 0.6 is 0 Å². The third-order valence-electron chi connectivity index (χ3n) is 6.43. The molecule has 1 saturated heterocycles. The lowest BCUT2D eigenvalue weighted by Crippen LogP contribution is -2.46. The van der Waals surface area contributed by atoms with Gasteiger partial charge in [-0.25, -0.2) is 4.79 Å². The second-order valence-corrected chi connectivity index (χ2v) is 10.3. The van der Waals surface area contributed by atoms with E-state index in [9.17, 15) is 22.8 Å². The first kappa shape index (κ1) is 26.8. The molecule has 200 valence electrons. The Labute approximate surface area is 214 Å². The zero-order chi connectivity index (χ0) is 26.8. The molecule has 0 aromatic heterocycles. The van der Waals surface area contributed by atoms with Crippen molar-refractivity contribution in [2.75, 3.05) is 18.4 Å². The van der Waals surface area contributed by atoms with Crippen LogP contribution in [0.4, 0.5) is 23.7 Å². The van der Waals surface area contributed by atoms with E-state index in [1.165, 1.54) is 6.07 Å². The Balaban J connectivity index is 1.47. The summed E-state index contributed by atoms with van der Waals surface area (Å²) in [6.45, 7) is 5.58. The fourth-order valence-corrected chi connectivity index (χ4v) is 4.83. The van der Waals surface area contributed by atoms with E-state index in [-0.39, 0.29) is 31.0 Å². The molecule has 7 nitrogen and oxygen atoms in total. The van der Waals surface area contributed by atoms with E-state index in [1.54, 1.807) is 20.8 Å². The molecule has 0 bridgehead atoms. The number of fused-ring (bicyclic) bond motifs is 3. The Morgan fingerprint density at radius 2 is 1.73 bits per heavy atom. The zero-order valence-corrected chi connectivity index (χ0v) is 21.0. The van der Waals surface area contributed by atoms with Gasteiger partial charge in [0.1, 0.15) is 11.7 Å². The molecule has 0 radical (unpaired) electrons. The van der Waals surface area contributed by atoms with E-state index in [2.05, 4.69) is 16.0 Å². The van der Waals surface area contributed by atoms with Crippen molar-refractivity contribution in [1.29, 1.82) is 0 Å². The van der Waals surface area contributed by atoms with Gasteiger partial charge in [-0.1, -0.05) is 30.3 Å². The largest absolute Gasteiger partial charge is 0.444 e. The first-order valence-electron chi connectivity index (χ1n) is 12.3. The zero-order valence-electron chi connectivity index (χ0n) is 21.0. The smallest absolute Gasteiger partial charge is 0.416 e. The van der Waals surface area contributed by atoms with Crippen LogP contribution in [0.25, 0.3) is 0 Å². The van der Waals surface area contributed by atoms with Gasteiger partial charge in [0, 0.05) is 30.3 Å². The molecule has 0 aliphatic carbocycles. The lowest BCUT2D eigenvalue weighted by molar-refractivity contribution is -0.149. The van der Waals surface area contributed by atoms with Gasteiger partial charge in [0.2, 0.25) is 5.91 Å². The molecule has 37 heavy (non-hydrogen) atoms. The van der Waals surface area contributed by atoms with Crippen LogP contribution in [0.1, 0.15) is 62.4 Å². The lowest BCUT2D eigenvalue weighted by Gasteiger charge is -2.45. The van der Waals surface area contributed by atoms with Crippen molar-refractivity contribution in [3.05, 3.63) is 65.2 Å². The Kier molecular flexibility index (Phi) is 7.68. The lowest BCUT2D eigenvalue weighted by atomic mass is 9.76. The molecule has 2 heterocycles. The van der Waals surface area contributed by atoms with Crippen molar-refractivity contribution in [3.63, 3.8) is 0 Å². The molecule has 0 saturated carbocycles. The van der Waals surface area contributed by atoms with E-state index >= 15 is 0 Å². The van der Waals surface area contributed by atoms with E-state index < -0.39 is 35.6 Å². The molecule has 2 amide bonds. The van der Waals surface area contributed by atoms with Gasteiger partial charge in [-0.15, -0.1) is 0 Å². The van der Waals surface area contributed by atoms with E-state index in [0.29, 0.717) is 24.1 Å². The molecule has 2 aliphatic rings. The number of hydrogen-bond acceptors (Lipinski definition) is 5. The van der Waals surface area contributed by atoms with Crippen molar-refractivity contribution in [2.45, 2.75) is 63.6 Å². The number of nitrogens with one attached hydrogen (secondary N) is 3. The van der Waals surface area contributed by atoms with Crippen LogP contribution in [0.3, 0.4) is 0 Å². The van der Waals surface area contributed by atoms with Crippen LogP contribution in [0.5, 0.6) is 0 Å². The Morgan fingerprint density at radius 3 is 2.41 bits per heavy atom. The predicted molar refractivity (Wildman–Crippen MR) is 132 cm³/mol. The number of ether oxygens (including phenoxy) is 2. The van der Waals surface area contributed by atoms with Crippen molar-refractivity contribution in [2.24, 2.45) is 5.92 Å². The van der Waals surface area contributed by atoms with Gasteiger partial charge in [0.25, 0.3) is 0 Å². The number of alkyl halides is 3. The summed E-state index contributed by atoms with van der Waals surface area (Å²) in [7, 11) is 0. The molecule has 2 aliphatic heterocycles. The normalized spacial score (nSPS) is 23.2. The van der Waals surface area contributed by atoms with Crippen molar-refractivity contribution in [3.8, 4) is 0 Å². The van der Waals surface area contributed by atoms with Crippen LogP contribution in [-0.2, 0) is 20.4 Å². The summed E-state index contributed by atoms with van der Waals surface area (Å²) in [5.74, 6) is -0.524. The first-order valence-corrected chi connectivity index (χ1v) is 12.3. The molecule has 2 aromatic carbocycles. The molecule has 4 rings (SSSR count). The number of anilines is 1. The van der Waals surface area contributed by atoms with Gasteiger partial charge >= 0.3 is 12.3 Å². The summed E-state index contributed by atoms with van der Waals surface area (Å²) in [4.78, 5) is 24.6. The van der Waals surface area contributed by atoms with Gasteiger partial charge in [-0.3, -0.25) is 4.79 Å². The molecular formula is C27H32F3N3O4. The summed E-state index contributed by atoms with van der Waals surface area (Å²) in [5, 5.41) is 8.71. The van der Waals surface area contributed by atoms with Crippen LogP contribution in [0.2, 0.25) is 0 Å². The van der Waals surface area contributed by atoms with E-state index in [4.69, 9.17) is 9.47 Å². The maximum Gasteiger partial charge on any atom is 0.416 e. The van der Waals surface area contributed by atoms with Crippen LogP contribution in [-0.4, -0.2) is 36.8 Å². The van der Waals surface area contributed by atoms with Gasteiger partial charge in [-0.05, 0) is 57.4 Å². The van der Waals surface area contributed by atoms with Gasteiger partial charge in [-0.2, -0.15) is 13.2 Å². The quantitative estimate of drug-likeness (QED) is 0.464. The molecule has 0 spiro atoms. The number of rotatable bonds is 5. The van der Waals surface area contributed by atoms with Crippen LogP contribution in [0.15, 0.2) is 48.5 Å². The summed E-state index contributed by atoms with van der Waals surface area (Å²) in [6.07, 6.45) is -5.58. The van der Waals surface area contributed by atoms with Gasteiger partial charge < -0.3 is 25.4 Å². The fraction of sp³-hybridized carbons (Fsp3) is 0.481. The number of carbonyl (C=O) groups is 2. The predicted octanol–water partition coefficient (Wildman–Crippen LogP) is 5.35. The highest BCUT2D eigenvalue weighted by molar-refractivity contribution is 5.81. The second-order valence-electron chi connectivity index (χ2n) is 10.3. The number of hydrogen-bond donors (Lipinski definition) is 3. The van der Waals surface area contributed by atoms with Gasteiger partial charge in [0.15, 0.2) is 0 Å². The standard InChI is InChI=1S/C27H32F3N3O4/c1-26(2,3)37-25(35)32-14-13-31-24(34)21-12-10-18-22(16-7-5-4-6-8-16)33-20-11-9-17(27(28,29)30)15-19(20)23(18)36-21/h4-9,11,15,18,21-23,33H,10,12-14H2,1-3H3,(H,31,34)(H,32,35)/t18-,21-,22+,23-/m0/s1. The minimum atomic E-state index is -4.49. The minimum absolute atomic E-state index is 0.156.